The molecule has 7 nitrogen and oxygen atoms in total. The molecule has 0 bridgehead atoms. The van der Waals surface area contributed by atoms with Gasteiger partial charge in [-0.15, -0.1) is 0 Å². The summed E-state index contributed by atoms with van der Waals surface area (Å²) in [5.74, 6) is -0.935. The predicted molar refractivity (Wildman–Crippen MR) is 78.5 cm³/mol. The second-order valence-corrected chi connectivity index (χ2v) is 4.66. The van der Waals surface area contributed by atoms with Crippen LogP contribution in [0.3, 0.4) is 0 Å². The van der Waals surface area contributed by atoms with Crippen LogP contribution in [0, 0.1) is 10.1 Å². The summed E-state index contributed by atoms with van der Waals surface area (Å²) in [7, 11) is 1.66. The Hall–Kier alpha value is -2.70. The summed E-state index contributed by atoms with van der Waals surface area (Å²) in [6, 6.07) is 3.82. The topological polar surface area (TPSA) is 96.6 Å². The smallest absolute Gasteiger partial charge is 0.326 e. The number of nitro groups is 1. The van der Waals surface area contributed by atoms with Crippen molar-refractivity contribution in [2.24, 2.45) is 0 Å². The summed E-state index contributed by atoms with van der Waals surface area (Å²) < 4.78 is 0. The first-order valence-electron chi connectivity index (χ1n) is 6.44. The first kappa shape index (κ1) is 14.7. The molecule has 0 saturated carbocycles. The summed E-state index contributed by atoms with van der Waals surface area (Å²) in [6.07, 6.45) is 3.42. The zero-order chi connectivity index (χ0) is 15.6. The highest BCUT2D eigenvalue weighted by Gasteiger charge is 2.24. The van der Waals surface area contributed by atoms with Gasteiger partial charge >= 0.3 is 5.97 Å². The maximum atomic E-state index is 11.3. The monoisotopic (exact) mass is 289 g/mol. The molecule has 0 spiro atoms. The van der Waals surface area contributed by atoms with Crippen LogP contribution in [-0.4, -0.2) is 34.1 Å². The maximum absolute atomic E-state index is 11.3. The van der Waals surface area contributed by atoms with Crippen LogP contribution in [-0.2, 0) is 4.79 Å². The number of pyridine rings is 1. The lowest BCUT2D eigenvalue weighted by Gasteiger charge is -2.26. The highest BCUT2D eigenvalue weighted by atomic mass is 16.6. The normalized spacial score (nSPS) is 12.1. The fourth-order valence-corrected chi connectivity index (χ4v) is 2.41. The van der Waals surface area contributed by atoms with E-state index in [-0.39, 0.29) is 5.69 Å². The summed E-state index contributed by atoms with van der Waals surface area (Å²) in [4.78, 5) is 27.5. The molecule has 0 amide bonds. The van der Waals surface area contributed by atoms with E-state index in [1.807, 2.05) is 0 Å². The van der Waals surface area contributed by atoms with Crippen molar-refractivity contribution in [3.8, 4) is 0 Å². The lowest BCUT2D eigenvalue weighted by molar-refractivity contribution is -0.383. The van der Waals surface area contributed by atoms with Crippen molar-refractivity contribution in [3.63, 3.8) is 0 Å². The van der Waals surface area contributed by atoms with Crippen molar-refractivity contribution in [2.75, 3.05) is 11.9 Å². The standard InChI is InChI=1S/C14H15N3O4/c1-3-11(14(18)19)16(2)12-4-5-13(17(20)21)9-6-7-15-8-10(9)12/h4-8,11H,3H2,1-2H3,(H,18,19). The van der Waals surface area contributed by atoms with Gasteiger partial charge in [0.2, 0.25) is 0 Å². The molecule has 1 aromatic heterocycles. The zero-order valence-electron chi connectivity index (χ0n) is 11.7. The van der Waals surface area contributed by atoms with Gasteiger partial charge in [0, 0.05) is 36.6 Å². The van der Waals surface area contributed by atoms with Crippen molar-refractivity contribution in [2.45, 2.75) is 19.4 Å². The van der Waals surface area contributed by atoms with E-state index in [9.17, 15) is 20.0 Å². The molecule has 1 N–H and O–H groups in total. The second-order valence-electron chi connectivity index (χ2n) is 4.66. The molecule has 2 aromatic rings. The van der Waals surface area contributed by atoms with E-state index >= 15 is 0 Å². The highest BCUT2D eigenvalue weighted by Crippen LogP contribution is 2.33. The molecule has 2 rings (SSSR count). The number of hydrogen-bond acceptors (Lipinski definition) is 5. The number of non-ortho nitro benzene ring substituents is 1. The lowest BCUT2D eigenvalue weighted by atomic mass is 10.1. The van der Waals surface area contributed by atoms with E-state index in [4.69, 9.17) is 0 Å². The molecule has 0 aliphatic carbocycles. The summed E-state index contributed by atoms with van der Waals surface area (Å²) in [5, 5.41) is 21.3. The Balaban J connectivity index is 2.63. The molecule has 1 heterocycles. The largest absolute Gasteiger partial charge is 0.480 e. The molecule has 0 fully saturated rings. The number of carboxylic acids is 1. The summed E-state index contributed by atoms with van der Waals surface area (Å²) in [5.41, 5.74) is 0.589. The molecule has 21 heavy (non-hydrogen) atoms. The highest BCUT2D eigenvalue weighted by molar-refractivity contribution is 6.00. The van der Waals surface area contributed by atoms with Crippen LogP contribution in [0.1, 0.15) is 13.3 Å². The van der Waals surface area contributed by atoms with E-state index in [2.05, 4.69) is 4.98 Å². The number of aliphatic carboxylic acids is 1. The third kappa shape index (κ3) is 2.62. The number of hydrogen-bond donors (Lipinski definition) is 1. The van der Waals surface area contributed by atoms with Crippen LogP contribution in [0.4, 0.5) is 11.4 Å². The summed E-state index contributed by atoms with van der Waals surface area (Å²) >= 11 is 0. The van der Waals surface area contributed by atoms with Gasteiger partial charge in [0.25, 0.3) is 5.69 Å². The fourth-order valence-electron chi connectivity index (χ4n) is 2.41. The molecule has 0 radical (unpaired) electrons. The van der Waals surface area contributed by atoms with Crippen LogP contribution in [0.5, 0.6) is 0 Å². The van der Waals surface area contributed by atoms with E-state index in [0.717, 1.165) is 0 Å². The first-order chi connectivity index (χ1) is 9.97. The Morgan fingerprint density at radius 2 is 2.14 bits per heavy atom. The van der Waals surface area contributed by atoms with Crippen LogP contribution in [0.15, 0.2) is 30.6 Å². The van der Waals surface area contributed by atoms with E-state index in [0.29, 0.717) is 22.9 Å². The number of rotatable bonds is 5. The van der Waals surface area contributed by atoms with Crippen molar-refractivity contribution in [1.29, 1.82) is 0 Å². The number of carbonyl (C=O) groups is 1. The van der Waals surface area contributed by atoms with Gasteiger partial charge in [-0.25, -0.2) is 4.79 Å². The molecule has 7 heteroatoms. The molecule has 110 valence electrons. The van der Waals surface area contributed by atoms with E-state index in [1.54, 1.807) is 31.0 Å². The minimum Gasteiger partial charge on any atom is -0.480 e. The fraction of sp³-hybridized carbons (Fsp3) is 0.286. The van der Waals surface area contributed by atoms with Crippen LogP contribution < -0.4 is 4.90 Å². The average Bonchev–Trinajstić information content (AvgIpc) is 2.46. The Labute approximate surface area is 121 Å². The number of nitrogens with zero attached hydrogens (tertiary/aromatic N) is 3. The molecular formula is C14H15N3O4. The molecule has 0 aliphatic rings. The maximum Gasteiger partial charge on any atom is 0.326 e. The number of fused-ring (bicyclic) bond motifs is 1. The van der Waals surface area contributed by atoms with Gasteiger partial charge in [0.15, 0.2) is 0 Å². The number of aromatic nitrogens is 1. The van der Waals surface area contributed by atoms with Crippen LogP contribution in [0.25, 0.3) is 10.8 Å². The molecule has 1 atom stereocenters. The van der Waals surface area contributed by atoms with Crippen molar-refractivity contribution < 1.29 is 14.8 Å². The number of benzene rings is 1. The summed E-state index contributed by atoms with van der Waals surface area (Å²) in [6.45, 7) is 1.78. The van der Waals surface area contributed by atoms with Crippen molar-refractivity contribution in [1.82, 2.24) is 4.98 Å². The van der Waals surface area contributed by atoms with Gasteiger partial charge in [-0.05, 0) is 18.6 Å². The minimum absolute atomic E-state index is 0.0204. The van der Waals surface area contributed by atoms with Gasteiger partial charge in [-0.1, -0.05) is 6.92 Å². The van der Waals surface area contributed by atoms with Crippen LogP contribution >= 0.6 is 0 Å². The van der Waals surface area contributed by atoms with Gasteiger partial charge in [0.05, 0.1) is 10.3 Å². The van der Waals surface area contributed by atoms with E-state index in [1.165, 1.54) is 18.5 Å². The lowest BCUT2D eigenvalue weighted by Crippen LogP contribution is -2.38. The molecule has 0 saturated heterocycles. The predicted octanol–water partition coefficient (Wildman–Crippen LogP) is 2.44. The van der Waals surface area contributed by atoms with Gasteiger partial charge in [-0.2, -0.15) is 0 Å². The third-order valence-electron chi connectivity index (χ3n) is 3.49. The number of likely N-dealkylation sites (N-methyl/N-ethyl adjacent to an activating group) is 1. The second kappa shape index (κ2) is 5.74. The van der Waals surface area contributed by atoms with E-state index < -0.39 is 16.9 Å². The van der Waals surface area contributed by atoms with Crippen molar-refractivity contribution >= 4 is 28.1 Å². The van der Waals surface area contributed by atoms with Crippen LogP contribution in [0.2, 0.25) is 0 Å². The van der Waals surface area contributed by atoms with Gasteiger partial charge in [-0.3, -0.25) is 15.1 Å². The Morgan fingerprint density at radius 1 is 1.43 bits per heavy atom. The first-order valence-corrected chi connectivity index (χ1v) is 6.44. The molecule has 0 aliphatic heterocycles. The number of carboxylic acid groups (broad SMARTS) is 1. The number of anilines is 1. The third-order valence-corrected chi connectivity index (χ3v) is 3.49. The Morgan fingerprint density at radius 3 is 2.71 bits per heavy atom. The molecular weight excluding hydrogens is 274 g/mol. The minimum atomic E-state index is -0.935. The average molecular weight is 289 g/mol. The molecule has 1 aromatic carbocycles. The quantitative estimate of drug-likeness (QED) is 0.670. The number of nitro benzene ring substituents is 1. The SMILES string of the molecule is CCC(C(=O)O)N(C)c1ccc([N+](=O)[O-])c2ccncc12. The Kier molecular flexibility index (Phi) is 4.02. The van der Waals surface area contributed by atoms with Crippen molar-refractivity contribution in [3.05, 3.63) is 40.7 Å². The molecule has 1 unspecified atom stereocenters. The van der Waals surface area contributed by atoms with Gasteiger partial charge in [0.1, 0.15) is 6.04 Å². The zero-order valence-corrected chi connectivity index (χ0v) is 11.7. The van der Waals surface area contributed by atoms with Gasteiger partial charge < -0.3 is 10.0 Å². The Bertz CT molecular complexity index is 702.